The molecule has 1 aromatic rings. The summed E-state index contributed by atoms with van der Waals surface area (Å²) in [5.41, 5.74) is 5.15. The lowest BCUT2D eigenvalue weighted by Crippen LogP contribution is -2.33. The first-order chi connectivity index (χ1) is 10.4. The predicted molar refractivity (Wildman–Crippen MR) is 70.1 cm³/mol. The summed E-state index contributed by atoms with van der Waals surface area (Å²) in [5, 5.41) is 39.6. The highest BCUT2D eigenvalue weighted by Gasteiger charge is 2.45. The number of ether oxygens (including phenoxy) is 1. The topological polar surface area (TPSA) is 193 Å². The molecular weight excluding hydrogens is 296 g/mol. The molecule has 0 radical (unpaired) electrons. The van der Waals surface area contributed by atoms with E-state index in [0.29, 0.717) is 0 Å². The molecule has 0 aromatic carbocycles. The van der Waals surface area contributed by atoms with E-state index in [4.69, 9.17) is 26.7 Å². The van der Waals surface area contributed by atoms with Crippen LogP contribution in [0.1, 0.15) is 28.1 Å². The van der Waals surface area contributed by atoms with Gasteiger partial charge in [-0.05, 0) is 0 Å². The van der Waals surface area contributed by atoms with E-state index in [1.807, 2.05) is 0 Å². The van der Waals surface area contributed by atoms with Crippen LogP contribution in [0.15, 0.2) is 0 Å². The molecule has 1 fully saturated rings. The van der Waals surface area contributed by atoms with Gasteiger partial charge in [-0.3, -0.25) is 4.79 Å². The van der Waals surface area contributed by atoms with Crippen LogP contribution in [0.2, 0.25) is 0 Å². The van der Waals surface area contributed by atoms with Crippen LogP contribution in [-0.4, -0.2) is 55.8 Å². The van der Waals surface area contributed by atoms with Crippen molar-refractivity contribution < 1.29 is 24.9 Å². The van der Waals surface area contributed by atoms with E-state index in [2.05, 4.69) is 10.3 Å². The Morgan fingerprint density at radius 2 is 2.18 bits per heavy atom. The van der Waals surface area contributed by atoms with Crippen LogP contribution in [0.4, 0.5) is 0 Å². The first kappa shape index (κ1) is 16.0. The van der Waals surface area contributed by atoms with Gasteiger partial charge < -0.3 is 36.9 Å². The SMILES string of the molecule is N#CNCc1c(C(N)=O)nc([C@@H]2OC(CO)C(O)[C@H]2O)n1N. The van der Waals surface area contributed by atoms with E-state index in [0.717, 1.165) is 4.68 Å². The minimum atomic E-state index is -1.39. The minimum absolute atomic E-state index is 0.0500. The van der Waals surface area contributed by atoms with Crippen molar-refractivity contribution in [3.05, 3.63) is 17.2 Å². The normalized spacial score (nSPS) is 27.5. The zero-order valence-corrected chi connectivity index (χ0v) is 11.4. The quantitative estimate of drug-likeness (QED) is 0.181. The Labute approximate surface area is 124 Å². The number of nitriles is 1. The van der Waals surface area contributed by atoms with Crippen molar-refractivity contribution >= 4 is 5.91 Å². The third kappa shape index (κ3) is 2.55. The number of aliphatic hydroxyl groups is 3. The molecule has 22 heavy (non-hydrogen) atoms. The second-order valence-electron chi connectivity index (χ2n) is 4.72. The van der Waals surface area contributed by atoms with Crippen molar-refractivity contribution in [1.29, 1.82) is 5.26 Å². The lowest BCUT2D eigenvalue weighted by molar-refractivity contribution is -0.0259. The molecule has 4 atom stereocenters. The highest BCUT2D eigenvalue weighted by atomic mass is 16.6. The summed E-state index contributed by atoms with van der Waals surface area (Å²) < 4.78 is 6.27. The number of hydrogen-bond donors (Lipinski definition) is 6. The van der Waals surface area contributed by atoms with Gasteiger partial charge in [0.15, 0.2) is 17.7 Å². The van der Waals surface area contributed by atoms with Gasteiger partial charge >= 0.3 is 0 Å². The largest absolute Gasteiger partial charge is 0.394 e. The average Bonchev–Trinajstić information content (AvgIpc) is 2.96. The number of primary amides is 1. The summed E-state index contributed by atoms with van der Waals surface area (Å²) in [4.78, 5) is 15.4. The first-order valence-corrected chi connectivity index (χ1v) is 6.33. The highest BCUT2D eigenvalue weighted by Crippen LogP contribution is 2.33. The second-order valence-corrected chi connectivity index (χ2v) is 4.72. The molecule has 0 saturated carbocycles. The van der Waals surface area contributed by atoms with Crippen LogP contribution < -0.4 is 16.9 Å². The Bertz CT molecular complexity index is 611. The van der Waals surface area contributed by atoms with Gasteiger partial charge in [0.25, 0.3) is 5.91 Å². The number of amides is 1. The van der Waals surface area contributed by atoms with E-state index < -0.39 is 36.9 Å². The summed E-state index contributed by atoms with van der Waals surface area (Å²) in [6, 6.07) is 0. The van der Waals surface area contributed by atoms with Crippen LogP contribution >= 0.6 is 0 Å². The molecule has 2 heterocycles. The number of nitrogen functional groups attached to an aromatic ring is 1. The molecule has 0 spiro atoms. The van der Waals surface area contributed by atoms with Crippen molar-refractivity contribution in [1.82, 2.24) is 15.0 Å². The Morgan fingerprint density at radius 3 is 2.68 bits per heavy atom. The van der Waals surface area contributed by atoms with E-state index in [1.54, 1.807) is 6.19 Å². The van der Waals surface area contributed by atoms with Crippen LogP contribution in [0, 0.1) is 11.5 Å². The fourth-order valence-corrected chi connectivity index (χ4v) is 2.29. The number of carbonyl (C=O) groups is 1. The molecular formula is C11H16N6O5. The van der Waals surface area contributed by atoms with E-state index in [9.17, 15) is 15.0 Å². The molecule has 11 nitrogen and oxygen atoms in total. The van der Waals surface area contributed by atoms with Gasteiger partial charge in [-0.15, -0.1) is 0 Å². The number of carbonyl (C=O) groups excluding carboxylic acids is 1. The third-order valence-corrected chi connectivity index (χ3v) is 3.40. The van der Waals surface area contributed by atoms with Crippen LogP contribution in [0.3, 0.4) is 0 Å². The van der Waals surface area contributed by atoms with Crippen molar-refractivity contribution in [3.8, 4) is 6.19 Å². The standard InChI is InChI=1S/C11H16N6O5/c12-3-15-1-4-6(10(13)21)16-11(17(4)14)9-8(20)7(19)5(2-18)22-9/h5,7-9,15,18-20H,1-2,14H2,(H2,13,21)/t5?,7?,8-,9-/m1/s1. The number of rotatable bonds is 5. The predicted octanol–water partition coefficient (Wildman–Crippen LogP) is -3.58. The van der Waals surface area contributed by atoms with Crippen LogP contribution in [-0.2, 0) is 11.3 Å². The number of aromatic nitrogens is 2. The molecule has 2 unspecified atom stereocenters. The van der Waals surface area contributed by atoms with Crippen molar-refractivity contribution in [3.63, 3.8) is 0 Å². The van der Waals surface area contributed by atoms with Crippen LogP contribution in [0.5, 0.6) is 0 Å². The molecule has 0 aliphatic carbocycles. The second kappa shape index (κ2) is 6.16. The van der Waals surface area contributed by atoms with Crippen LogP contribution in [0.25, 0.3) is 0 Å². The molecule has 1 saturated heterocycles. The maximum Gasteiger partial charge on any atom is 0.269 e. The Kier molecular flexibility index (Phi) is 4.48. The summed E-state index contributed by atoms with van der Waals surface area (Å²) in [6.45, 7) is -0.613. The number of aliphatic hydroxyl groups excluding tert-OH is 3. The summed E-state index contributed by atoms with van der Waals surface area (Å²) >= 11 is 0. The summed E-state index contributed by atoms with van der Waals surface area (Å²) in [7, 11) is 0. The molecule has 8 N–H and O–H groups in total. The maximum atomic E-state index is 11.4. The van der Waals surface area contributed by atoms with E-state index >= 15 is 0 Å². The van der Waals surface area contributed by atoms with E-state index in [-0.39, 0.29) is 23.8 Å². The molecule has 11 heteroatoms. The van der Waals surface area contributed by atoms with Gasteiger partial charge in [-0.1, -0.05) is 0 Å². The highest BCUT2D eigenvalue weighted by molar-refractivity contribution is 5.92. The zero-order chi connectivity index (χ0) is 16.4. The minimum Gasteiger partial charge on any atom is -0.394 e. The monoisotopic (exact) mass is 312 g/mol. The molecule has 1 aliphatic rings. The number of nitrogens with zero attached hydrogens (tertiary/aromatic N) is 3. The fraction of sp³-hybridized carbons (Fsp3) is 0.545. The number of hydrogen-bond acceptors (Lipinski definition) is 9. The van der Waals surface area contributed by atoms with Crippen molar-refractivity contribution in [2.45, 2.75) is 31.0 Å². The Balaban J connectivity index is 2.40. The van der Waals surface area contributed by atoms with Gasteiger partial charge in [-0.2, -0.15) is 5.26 Å². The van der Waals surface area contributed by atoms with Gasteiger partial charge in [0.2, 0.25) is 0 Å². The number of nitrogens with two attached hydrogens (primary N) is 2. The van der Waals surface area contributed by atoms with Crippen molar-refractivity contribution in [2.75, 3.05) is 12.4 Å². The molecule has 1 aliphatic heterocycles. The van der Waals surface area contributed by atoms with Crippen molar-refractivity contribution in [2.24, 2.45) is 5.73 Å². The Morgan fingerprint density at radius 1 is 1.50 bits per heavy atom. The first-order valence-electron chi connectivity index (χ1n) is 6.33. The third-order valence-electron chi connectivity index (χ3n) is 3.40. The average molecular weight is 312 g/mol. The smallest absolute Gasteiger partial charge is 0.269 e. The summed E-state index contributed by atoms with van der Waals surface area (Å²) in [5.74, 6) is 4.90. The Hall–Kier alpha value is -2.39. The van der Waals surface area contributed by atoms with Gasteiger partial charge in [0.1, 0.15) is 24.4 Å². The van der Waals surface area contributed by atoms with Gasteiger partial charge in [-0.25, -0.2) is 9.66 Å². The lowest BCUT2D eigenvalue weighted by Gasteiger charge is -2.14. The molecule has 2 rings (SSSR count). The van der Waals surface area contributed by atoms with Gasteiger partial charge in [0, 0.05) is 0 Å². The number of nitrogens with one attached hydrogen (secondary N) is 1. The lowest BCUT2D eigenvalue weighted by atomic mass is 10.1. The molecule has 1 aromatic heterocycles. The fourth-order valence-electron chi connectivity index (χ4n) is 2.29. The number of imidazole rings is 1. The van der Waals surface area contributed by atoms with Gasteiger partial charge in [0.05, 0.1) is 18.8 Å². The van der Waals surface area contributed by atoms with E-state index in [1.165, 1.54) is 0 Å². The maximum absolute atomic E-state index is 11.4. The summed E-state index contributed by atoms with van der Waals surface area (Å²) in [6.07, 6.45) is -3.20. The molecule has 1 amide bonds. The molecule has 0 bridgehead atoms. The molecule has 120 valence electrons. The zero-order valence-electron chi connectivity index (χ0n) is 11.4.